The molecular weight excluding hydrogens is 148 g/mol. The topological polar surface area (TPSA) is 20.2 Å². The Kier molecular flexibility index (Phi) is 3.16. The summed E-state index contributed by atoms with van der Waals surface area (Å²) >= 11 is 0. The fraction of sp³-hybridized carbons (Fsp3) is 1.00. The summed E-state index contributed by atoms with van der Waals surface area (Å²) in [6.07, 6.45) is 2.44. The van der Waals surface area contributed by atoms with Crippen molar-refractivity contribution in [2.45, 2.75) is 46.6 Å². The van der Waals surface area contributed by atoms with Crippen LogP contribution in [0.1, 0.15) is 40.5 Å². The normalized spacial score (nSPS) is 43.5. The van der Waals surface area contributed by atoms with Crippen LogP contribution in [-0.4, -0.2) is 11.2 Å². The first-order valence-electron chi connectivity index (χ1n) is 5.22. The highest BCUT2D eigenvalue weighted by atomic mass is 16.3. The van der Waals surface area contributed by atoms with Gasteiger partial charge in [0.15, 0.2) is 0 Å². The monoisotopic (exact) mass is 170 g/mol. The molecular formula is C11H22O. The molecule has 1 heteroatoms. The molecule has 1 aliphatic rings. The molecule has 1 aliphatic carbocycles. The summed E-state index contributed by atoms with van der Waals surface area (Å²) in [5, 5.41) is 9.98. The Bertz CT molecular complexity index is 142. The maximum absolute atomic E-state index is 9.98. The summed E-state index contributed by atoms with van der Waals surface area (Å²) in [5.74, 6) is 2.37. The van der Waals surface area contributed by atoms with E-state index in [1.807, 2.05) is 0 Å². The third-order valence-electron chi connectivity index (χ3n) is 3.69. The van der Waals surface area contributed by atoms with E-state index in [0.717, 1.165) is 0 Å². The second kappa shape index (κ2) is 3.78. The number of hydrogen-bond donors (Lipinski definition) is 1. The van der Waals surface area contributed by atoms with Gasteiger partial charge in [-0.3, -0.25) is 0 Å². The predicted octanol–water partition coefficient (Wildman–Crippen LogP) is 2.69. The molecule has 0 radical (unpaired) electrons. The van der Waals surface area contributed by atoms with E-state index in [1.165, 1.54) is 12.8 Å². The lowest BCUT2D eigenvalue weighted by Gasteiger charge is -2.39. The van der Waals surface area contributed by atoms with Crippen molar-refractivity contribution < 1.29 is 5.11 Å². The summed E-state index contributed by atoms with van der Waals surface area (Å²) in [7, 11) is 0. The van der Waals surface area contributed by atoms with Crippen LogP contribution in [0.15, 0.2) is 0 Å². The molecule has 0 spiro atoms. The van der Waals surface area contributed by atoms with Crippen molar-refractivity contribution in [1.82, 2.24) is 0 Å². The van der Waals surface area contributed by atoms with Crippen LogP contribution in [0.5, 0.6) is 0 Å². The van der Waals surface area contributed by atoms with Crippen LogP contribution >= 0.6 is 0 Å². The summed E-state index contributed by atoms with van der Waals surface area (Å²) in [6.45, 7) is 8.88. The van der Waals surface area contributed by atoms with Crippen molar-refractivity contribution >= 4 is 0 Å². The molecule has 0 saturated heterocycles. The fourth-order valence-corrected chi connectivity index (χ4v) is 2.34. The molecule has 0 heterocycles. The second-order valence-electron chi connectivity index (χ2n) is 4.81. The minimum atomic E-state index is -0.0613. The van der Waals surface area contributed by atoms with Crippen LogP contribution in [0.3, 0.4) is 0 Å². The Balaban J connectivity index is 2.58. The van der Waals surface area contributed by atoms with Gasteiger partial charge in [-0.25, -0.2) is 0 Å². The van der Waals surface area contributed by atoms with Gasteiger partial charge in [-0.15, -0.1) is 0 Å². The van der Waals surface area contributed by atoms with E-state index in [9.17, 15) is 5.11 Å². The minimum absolute atomic E-state index is 0.0613. The van der Waals surface area contributed by atoms with Gasteiger partial charge in [-0.2, -0.15) is 0 Å². The number of rotatable bonds is 1. The van der Waals surface area contributed by atoms with Crippen LogP contribution in [0, 0.1) is 23.7 Å². The van der Waals surface area contributed by atoms with Crippen molar-refractivity contribution in [2.75, 3.05) is 0 Å². The highest BCUT2D eigenvalue weighted by molar-refractivity contribution is 4.84. The molecule has 4 atom stereocenters. The molecule has 1 unspecified atom stereocenters. The largest absolute Gasteiger partial charge is 0.393 e. The molecule has 12 heavy (non-hydrogen) atoms. The van der Waals surface area contributed by atoms with E-state index in [1.54, 1.807) is 0 Å². The molecule has 0 aliphatic heterocycles. The third kappa shape index (κ3) is 1.82. The molecule has 0 aromatic heterocycles. The van der Waals surface area contributed by atoms with Crippen molar-refractivity contribution in [2.24, 2.45) is 23.7 Å². The molecule has 1 saturated carbocycles. The first-order valence-corrected chi connectivity index (χ1v) is 5.22. The smallest absolute Gasteiger partial charge is 0.0598 e. The zero-order chi connectivity index (χ0) is 9.30. The maximum atomic E-state index is 9.98. The molecule has 0 aromatic carbocycles. The summed E-state index contributed by atoms with van der Waals surface area (Å²) < 4.78 is 0. The Labute approximate surface area is 76.2 Å². The highest BCUT2D eigenvalue weighted by Crippen LogP contribution is 2.37. The van der Waals surface area contributed by atoms with Crippen molar-refractivity contribution in [3.8, 4) is 0 Å². The quantitative estimate of drug-likeness (QED) is 0.641. The Morgan fingerprint density at radius 3 is 2.25 bits per heavy atom. The third-order valence-corrected chi connectivity index (χ3v) is 3.69. The first kappa shape index (κ1) is 10.0. The molecule has 1 N–H and O–H groups in total. The lowest BCUT2D eigenvalue weighted by atomic mass is 9.70. The molecule has 0 bridgehead atoms. The molecule has 0 amide bonds. The van der Waals surface area contributed by atoms with Crippen molar-refractivity contribution in [3.63, 3.8) is 0 Å². The molecule has 1 rings (SSSR count). The average Bonchev–Trinajstić information content (AvgIpc) is 2.00. The molecule has 1 fully saturated rings. The Morgan fingerprint density at radius 2 is 1.75 bits per heavy atom. The number of hydrogen-bond acceptors (Lipinski definition) is 1. The van der Waals surface area contributed by atoms with E-state index < -0.39 is 0 Å². The number of aliphatic hydroxyl groups excluding tert-OH is 1. The van der Waals surface area contributed by atoms with E-state index in [4.69, 9.17) is 0 Å². The predicted molar refractivity (Wildman–Crippen MR) is 51.9 cm³/mol. The SMILES string of the molecule is CC1[C@H](C)CC[C@@H](C(C)C)[C@@H]1O. The molecule has 72 valence electrons. The standard InChI is InChI=1S/C11H22O/c1-7(2)10-6-5-8(3)9(4)11(10)12/h7-12H,5-6H2,1-4H3/t8-,9?,10+,11-/m1/s1. The van der Waals surface area contributed by atoms with Crippen molar-refractivity contribution in [1.29, 1.82) is 0 Å². The van der Waals surface area contributed by atoms with Gasteiger partial charge in [0.05, 0.1) is 6.10 Å². The zero-order valence-electron chi connectivity index (χ0n) is 8.75. The van der Waals surface area contributed by atoms with Crippen LogP contribution < -0.4 is 0 Å². The van der Waals surface area contributed by atoms with E-state index in [0.29, 0.717) is 23.7 Å². The highest BCUT2D eigenvalue weighted by Gasteiger charge is 2.34. The molecule has 0 aromatic rings. The lowest BCUT2D eigenvalue weighted by Crippen LogP contribution is -2.38. The van der Waals surface area contributed by atoms with Gasteiger partial charge in [0.2, 0.25) is 0 Å². The summed E-state index contributed by atoms with van der Waals surface area (Å²) in [6, 6.07) is 0. The van der Waals surface area contributed by atoms with Gasteiger partial charge in [-0.1, -0.05) is 27.7 Å². The first-order chi connectivity index (χ1) is 5.54. The Morgan fingerprint density at radius 1 is 1.17 bits per heavy atom. The van der Waals surface area contributed by atoms with Crippen LogP contribution in [0.4, 0.5) is 0 Å². The Hall–Kier alpha value is -0.0400. The van der Waals surface area contributed by atoms with Crippen LogP contribution in [-0.2, 0) is 0 Å². The van der Waals surface area contributed by atoms with Crippen molar-refractivity contribution in [3.05, 3.63) is 0 Å². The van der Waals surface area contributed by atoms with Gasteiger partial charge in [0, 0.05) is 0 Å². The van der Waals surface area contributed by atoms with Crippen LogP contribution in [0.25, 0.3) is 0 Å². The average molecular weight is 170 g/mol. The summed E-state index contributed by atoms with van der Waals surface area (Å²) in [4.78, 5) is 0. The fourth-order valence-electron chi connectivity index (χ4n) is 2.34. The zero-order valence-corrected chi connectivity index (χ0v) is 8.75. The van der Waals surface area contributed by atoms with Crippen LogP contribution in [0.2, 0.25) is 0 Å². The van der Waals surface area contributed by atoms with E-state index in [2.05, 4.69) is 27.7 Å². The van der Waals surface area contributed by atoms with Gasteiger partial charge in [0.25, 0.3) is 0 Å². The van der Waals surface area contributed by atoms with Gasteiger partial charge >= 0.3 is 0 Å². The van der Waals surface area contributed by atoms with Gasteiger partial charge in [-0.05, 0) is 36.5 Å². The maximum Gasteiger partial charge on any atom is 0.0598 e. The van der Waals surface area contributed by atoms with Gasteiger partial charge < -0.3 is 5.11 Å². The second-order valence-corrected chi connectivity index (χ2v) is 4.81. The van der Waals surface area contributed by atoms with E-state index in [-0.39, 0.29) is 6.10 Å². The molecule has 1 nitrogen and oxygen atoms in total. The minimum Gasteiger partial charge on any atom is -0.393 e. The van der Waals surface area contributed by atoms with Gasteiger partial charge in [0.1, 0.15) is 0 Å². The number of aliphatic hydroxyl groups is 1. The lowest BCUT2D eigenvalue weighted by molar-refractivity contribution is -0.0195. The van der Waals surface area contributed by atoms with E-state index >= 15 is 0 Å². The summed E-state index contributed by atoms with van der Waals surface area (Å²) in [5.41, 5.74) is 0.